The number of aryl methyl sites for hydroxylation is 1. The molecule has 1 saturated heterocycles. The zero-order valence-electron chi connectivity index (χ0n) is 15.1. The molecule has 0 atom stereocenters. The Morgan fingerprint density at radius 3 is 2.42 bits per heavy atom. The first-order chi connectivity index (χ1) is 11.6. The molecule has 1 aromatic rings. The average molecular weight is 346 g/mol. The zero-order valence-corrected chi connectivity index (χ0v) is 15.9. The van der Waals surface area contributed by atoms with Crippen LogP contribution >= 0.6 is 12.2 Å². The Balaban J connectivity index is 1.48. The molecule has 3 nitrogen and oxygen atoms in total. The summed E-state index contributed by atoms with van der Waals surface area (Å²) in [6, 6.07) is 9.96. The molecule has 4 heteroatoms. The van der Waals surface area contributed by atoms with Gasteiger partial charge in [0.25, 0.3) is 0 Å². The molecule has 24 heavy (non-hydrogen) atoms. The lowest BCUT2D eigenvalue weighted by atomic mass is 9.92. The molecule has 1 aromatic carbocycles. The Bertz CT molecular complexity index is 546. The molecule has 1 heterocycles. The molecule has 0 spiro atoms. The van der Waals surface area contributed by atoms with E-state index in [0.717, 1.165) is 36.0 Å². The fraction of sp³-hybridized carbons (Fsp3) is 0.650. The number of rotatable bonds is 3. The number of piperidine rings is 1. The smallest absolute Gasteiger partial charge is 0.173 e. The van der Waals surface area contributed by atoms with Crippen LogP contribution in [-0.4, -0.2) is 47.1 Å². The molecule has 1 aliphatic heterocycles. The van der Waals surface area contributed by atoms with E-state index in [4.69, 9.17) is 12.2 Å². The minimum atomic E-state index is 0.728. The van der Waals surface area contributed by atoms with Crippen LogP contribution < -0.4 is 5.32 Å². The van der Waals surface area contributed by atoms with Crippen LogP contribution in [0.5, 0.6) is 0 Å². The molecule has 2 aliphatic rings. The van der Waals surface area contributed by atoms with Gasteiger partial charge in [-0.1, -0.05) is 31.4 Å². The van der Waals surface area contributed by atoms with Crippen LogP contribution in [-0.2, 0) is 0 Å². The van der Waals surface area contributed by atoms with Gasteiger partial charge in [0.1, 0.15) is 0 Å². The highest BCUT2D eigenvalue weighted by Crippen LogP contribution is 2.26. The van der Waals surface area contributed by atoms with Crippen molar-refractivity contribution in [2.45, 2.75) is 64.0 Å². The molecule has 0 radical (unpaired) electrons. The van der Waals surface area contributed by atoms with E-state index in [0.29, 0.717) is 0 Å². The summed E-state index contributed by atoms with van der Waals surface area (Å²) in [6.45, 7) is 4.25. The second-order valence-electron chi connectivity index (χ2n) is 7.48. The van der Waals surface area contributed by atoms with E-state index in [1.165, 1.54) is 50.5 Å². The van der Waals surface area contributed by atoms with Gasteiger partial charge < -0.3 is 15.1 Å². The van der Waals surface area contributed by atoms with E-state index < -0.39 is 0 Å². The molecule has 0 aromatic heterocycles. The van der Waals surface area contributed by atoms with Crippen LogP contribution in [0, 0.1) is 6.92 Å². The normalized spacial score (nSPS) is 20.4. The standard InChI is InChI=1S/C20H31N3S/c1-16-7-6-8-17(15-16)21-20(24)23-13-11-19(12-14-23)22(2)18-9-4-3-5-10-18/h6-8,15,18-19H,3-5,9-14H2,1-2H3,(H,21,24). The van der Waals surface area contributed by atoms with Gasteiger partial charge in [-0.3, -0.25) is 0 Å². The Hall–Kier alpha value is -1.13. The van der Waals surface area contributed by atoms with Gasteiger partial charge in [0, 0.05) is 30.9 Å². The van der Waals surface area contributed by atoms with Gasteiger partial charge in [0.15, 0.2) is 5.11 Å². The molecular formula is C20H31N3S. The highest BCUT2D eigenvalue weighted by Gasteiger charge is 2.28. The molecule has 132 valence electrons. The van der Waals surface area contributed by atoms with Crippen LogP contribution in [0.15, 0.2) is 24.3 Å². The first-order valence-corrected chi connectivity index (χ1v) is 9.89. The molecule has 3 rings (SSSR count). The van der Waals surface area contributed by atoms with Crippen LogP contribution in [0.25, 0.3) is 0 Å². The largest absolute Gasteiger partial charge is 0.349 e. The second-order valence-corrected chi connectivity index (χ2v) is 7.86. The van der Waals surface area contributed by atoms with Gasteiger partial charge >= 0.3 is 0 Å². The summed E-state index contributed by atoms with van der Waals surface area (Å²) in [6.07, 6.45) is 9.50. The lowest BCUT2D eigenvalue weighted by Gasteiger charge is -2.42. The molecule has 0 bridgehead atoms. The lowest BCUT2D eigenvalue weighted by Crippen LogP contribution is -2.49. The third kappa shape index (κ3) is 4.48. The summed E-state index contributed by atoms with van der Waals surface area (Å²) >= 11 is 5.63. The molecule has 0 amide bonds. The number of nitrogens with one attached hydrogen (secondary N) is 1. The third-order valence-corrected chi connectivity index (χ3v) is 6.11. The predicted molar refractivity (Wildman–Crippen MR) is 107 cm³/mol. The maximum absolute atomic E-state index is 5.63. The van der Waals surface area contributed by atoms with Crippen molar-refractivity contribution in [2.24, 2.45) is 0 Å². The van der Waals surface area contributed by atoms with Crippen molar-refractivity contribution in [1.82, 2.24) is 9.80 Å². The number of benzene rings is 1. The first kappa shape index (κ1) is 17.7. The molecule has 1 N–H and O–H groups in total. The summed E-state index contributed by atoms with van der Waals surface area (Å²) in [5, 5.41) is 4.28. The van der Waals surface area contributed by atoms with Crippen LogP contribution in [0.4, 0.5) is 5.69 Å². The van der Waals surface area contributed by atoms with Crippen molar-refractivity contribution in [1.29, 1.82) is 0 Å². The highest BCUT2D eigenvalue weighted by molar-refractivity contribution is 7.80. The summed E-state index contributed by atoms with van der Waals surface area (Å²) in [5.41, 5.74) is 2.36. The summed E-state index contributed by atoms with van der Waals surface area (Å²) in [7, 11) is 2.35. The van der Waals surface area contributed by atoms with Gasteiger partial charge in [-0.25, -0.2) is 0 Å². The average Bonchev–Trinajstić information content (AvgIpc) is 2.62. The highest BCUT2D eigenvalue weighted by atomic mass is 32.1. The van der Waals surface area contributed by atoms with Gasteiger partial charge in [0.2, 0.25) is 0 Å². The Morgan fingerprint density at radius 1 is 1.08 bits per heavy atom. The van der Waals surface area contributed by atoms with E-state index in [2.05, 4.69) is 53.4 Å². The Kier molecular flexibility index (Phi) is 6.12. The van der Waals surface area contributed by atoms with Gasteiger partial charge in [-0.05, 0) is 69.6 Å². The Morgan fingerprint density at radius 2 is 1.75 bits per heavy atom. The molecule has 2 fully saturated rings. The summed E-state index contributed by atoms with van der Waals surface area (Å²) < 4.78 is 0. The monoisotopic (exact) mass is 345 g/mol. The summed E-state index contributed by atoms with van der Waals surface area (Å²) in [5.74, 6) is 0. The van der Waals surface area contributed by atoms with Crippen molar-refractivity contribution in [3.05, 3.63) is 29.8 Å². The number of hydrogen-bond donors (Lipinski definition) is 1. The third-order valence-electron chi connectivity index (χ3n) is 5.75. The fourth-order valence-corrected chi connectivity index (χ4v) is 4.49. The molecule has 1 aliphatic carbocycles. The van der Waals surface area contributed by atoms with Crippen molar-refractivity contribution in [3.8, 4) is 0 Å². The maximum atomic E-state index is 5.63. The fourth-order valence-electron chi connectivity index (χ4n) is 4.19. The van der Waals surface area contributed by atoms with Gasteiger partial charge in [-0.15, -0.1) is 0 Å². The minimum Gasteiger partial charge on any atom is -0.349 e. The first-order valence-electron chi connectivity index (χ1n) is 9.48. The Labute approximate surface area is 152 Å². The second kappa shape index (κ2) is 8.30. The summed E-state index contributed by atoms with van der Waals surface area (Å²) in [4.78, 5) is 5.01. The quantitative estimate of drug-likeness (QED) is 0.817. The van der Waals surface area contributed by atoms with E-state index in [9.17, 15) is 0 Å². The number of anilines is 1. The van der Waals surface area contributed by atoms with Crippen molar-refractivity contribution in [3.63, 3.8) is 0 Å². The van der Waals surface area contributed by atoms with Gasteiger partial charge in [-0.2, -0.15) is 0 Å². The number of nitrogens with zero attached hydrogens (tertiary/aromatic N) is 2. The van der Waals surface area contributed by atoms with Crippen LogP contribution in [0.2, 0.25) is 0 Å². The number of thiocarbonyl (C=S) groups is 1. The van der Waals surface area contributed by atoms with Gasteiger partial charge in [0.05, 0.1) is 0 Å². The van der Waals surface area contributed by atoms with Crippen molar-refractivity contribution in [2.75, 3.05) is 25.5 Å². The maximum Gasteiger partial charge on any atom is 0.173 e. The SMILES string of the molecule is Cc1cccc(NC(=S)N2CCC(N(C)C3CCCCC3)CC2)c1. The minimum absolute atomic E-state index is 0.728. The topological polar surface area (TPSA) is 18.5 Å². The predicted octanol–water partition coefficient (Wildman–Crippen LogP) is 4.42. The van der Waals surface area contributed by atoms with Crippen LogP contribution in [0.3, 0.4) is 0 Å². The van der Waals surface area contributed by atoms with E-state index >= 15 is 0 Å². The zero-order chi connectivity index (χ0) is 16.9. The van der Waals surface area contributed by atoms with E-state index in [-0.39, 0.29) is 0 Å². The molecule has 1 saturated carbocycles. The van der Waals surface area contributed by atoms with E-state index in [1.807, 2.05) is 0 Å². The number of likely N-dealkylation sites (tertiary alicyclic amines) is 1. The van der Waals surface area contributed by atoms with E-state index in [1.54, 1.807) is 0 Å². The number of hydrogen-bond acceptors (Lipinski definition) is 2. The van der Waals surface area contributed by atoms with Crippen molar-refractivity contribution < 1.29 is 0 Å². The van der Waals surface area contributed by atoms with Crippen LogP contribution in [0.1, 0.15) is 50.5 Å². The molecular weight excluding hydrogens is 314 g/mol. The molecule has 0 unspecified atom stereocenters. The lowest BCUT2D eigenvalue weighted by molar-refractivity contribution is 0.0985. The van der Waals surface area contributed by atoms with Crippen molar-refractivity contribution >= 4 is 23.0 Å².